The number of hydrogen-bond acceptors (Lipinski definition) is 2. The average Bonchev–Trinajstić information content (AvgIpc) is 2.89. The molecule has 0 radical (unpaired) electrons. The van der Waals surface area contributed by atoms with E-state index in [4.69, 9.17) is 10.5 Å². The summed E-state index contributed by atoms with van der Waals surface area (Å²) in [6.07, 6.45) is 0.978. The lowest BCUT2D eigenvalue weighted by atomic mass is 9.81. The maximum Gasteiger partial charge on any atom is 0.128 e. The first-order valence-corrected chi connectivity index (χ1v) is 7.12. The smallest absolute Gasteiger partial charge is 0.128 e. The molecule has 0 aromatic heterocycles. The molecule has 0 bridgehead atoms. The van der Waals surface area contributed by atoms with Crippen LogP contribution in [0.4, 0.5) is 0 Å². The van der Waals surface area contributed by atoms with E-state index in [1.54, 1.807) is 0 Å². The zero-order valence-electron chi connectivity index (χ0n) is 12.4. The molecule has 2 heteroatoms. The van der Waals surface area contributed by atoms with E-state index in [2.05, 4.69) is 57.2 Å². The Morgan fingerprint density at radius 2 is 1.90 bits per heavy atom. The van der Waals surface area contributed by atoms with E-state index >= 15 is 0 Å². The number of para-hydroxylation sites is 1. The summed E-state index contributed by atoms with van der Waals surface area (Å²) in [5.74, 6) is 0.985. The monoisotopic (exact) mass is 267 g/mol. The van der Waals surface area contributed by atoms with Crippen LogP contribution in [0.15, 0.2) is 36.4 Å². The molecule has 2 aromatic carbocycles. The molecule has 1 atom stereocenters. The molecule has 2 aromatic rings. The van der Waals surface area contributed by atoms with Crippen molar-refractivity contribution in [2.75, 3.05) is 6.61 Å². The van der Waals surface area contributed by atoms with Gasteiger partial charge in [0.1, 0.15) is 5.75 Å². The third kappa shape index (κ3) is 2.01. The maximum absolute atomic E-state index is 6.72. The van der Waals surface area contributed by atoms with Crippen LogP contribution in [0, 0.1) is 13.8 Å². The molecule has 0 spiro atoms. The molecule has 0 saturated carbocycles. The molecule has 0 aliphatic carbocycles. The highest BCUT2D eigenvalue weighted by Crippen LogP contribution is 2.39. The van der Waals surface area contributed by atoms with Crippen LogP contribution < -0.4 is 10.5 Å². The molecule has 1 heterocycles. The van der Waals surface area contributed by atoms with Gasteiger partial charge in [-0.25, -0.2) is 0 Å². The van der Waals surface area contributed by atoms with Crippen molar-refractivity contribution in [3.63, 3.8) is 0 Å². The normalized spacial score (nSPS) is 16.4. The second-order valence-electron chi connectivity index (χ2n) is 5.91. The van der Waals surface area contributed by atoms with E-state index in [9.17, 15) is 0 Å². The van der Waals surface area contributed by atoms with E-state index in [0.717, 1.165) is 24.3 Å². The molecular formula is C18H21NO. The van der Waals surface area contributed by atoms with Crippen LogP contribution in [0.25, 0.3) is 0 Å². The van der Waals surface area contributed by atoms with Gasteiger partial charge < -0.3 is 10.5 Å². The quantitative estimate of drug-likeness (QED) is 0.904. The first-order chi connectivity index (χ1) is 9.50. The van der Waals surface area contributed by atoms with Gasteiger partial charge in [0.25, 0.3) is 0 Å². The van der Waals surface area contributed by atoms with Crippen molar-refractivity contribution in [1.29, 1.82) is 0 Å². The van der Waals surface area contributed by atoms with Gasteiger partial charge in [-0.2, -0.15) is 0 Å². The molecule has 1 aliphatic heterocycles. The van der Waals surface area contributed by atoms with Crippen LogP contribution in [0.1, 0.15) is 34.7 Å². The highest BCUT2D eigenvalue weighted by atomic mass is 16.5. The van der Waals surface area contributed by atoms with Crippen molar-refractivity contribution in [2.45, 2.75) is 32.7 Å². The van der Waals surface area contributed by atoms with Crippen LogP contribution in [0.5, 0.6) is 5.75 Å². The van der Waals surface area contributed by atoms with E-state index < -0.39 is 5.54 Å². The van der Waals surface area contributed by atoms with Gasteiger partial charge in [-0.3, -0.25) is 0 Å². The SMILES string of the molecule is Cc1ccc(C)c(C(C)(N)c2cccc3c2OCC3)c1. The Hall–Kier alpha value is -1.80. The first kappa shape index (κ1) is 13.2. The van der Waals surface area contributed by atoms with Crippen molar-refractivity contribution < 1.29 is 4.74 Å². The first-order valence-electron chi connectivity index (χ1n) is 7.12. The fourth-order valence-electron chi connectivity index (χ4n) is 3.06. The van der Waals surface area contributed by atoms with Gasteiger partial charge in [-0.15, -0.1) is 0 Å². The summed E-state index contributed by atoms with van der Waals surface area (Å²) in [5.41, 5.74) is 12.2. The Morgan fingerprint density at radius 3 is 2.70 bits per heavy atom. The van der Waals surface area contributed by atoms with Gasteiger partial charge in [0.15, 0.2) is 0 Å². The van der Waals surface area contributed by atoms with E-state index in [-0.39, 0.29) is 0 Å². The van der Waals surface area contributed by atoms with Gasteiger partial charge in [0, 0.05) is 12.0 Å². The second-order valence-corrected chi connectivity index (χ2v) is 5.91. The Morgan fingerprint density at radius 1 is 1.10 bits per heavy atom. The molecule has 0 saturated heterocycles. The molecule has 1 unspecified atom stereocenters. The third-order valence-electron chi connectivity index (χ3n) is 4.23. The lowest BCUT2D eigenvalue weighted by molar-refractivity contribution is 0.347. The predicted molar refractivity (Wildman–Crippen MR) is 82.2 cm³/mol. The highest BCUT2D eigenvalue weighted by molar-refractivity contribution is 5.53. The number of nitrogens with two attached hydrogens (primary N) is 1. The largest absolute Gasteiger partial charge is 0.493 e. The summed E-state index contributed by atoms with van der Waals surface area (Å²) in [4.78, 5) is 0. The maximum atomic E-state index is 6.72. The van der Waals surface area contributed by atoms with Gasteiger partial charge in [-0.05, 0) is 37.5 Å². The third-order valence-corrected chi connectivity index (χ3v) is 4.23. The minimum absolute atomic E-state index is 0.536. The molecule has 0 amide bonds. The van der Waals surface area contributed by atoms with Crippen molar-refractivity contribution in [1.82, 2.24) is 0 Å². The van der Waals surface area contributed by atoms with E-state index in [1.807, 2.05) is 0 Å². The van der Waals surface area contributed by atoms with Crippen molar-refractivity contribution >= 4 is 0 Å². The lowest BCUT2D eigenvalue weighted by Crippen LogP contribution is -2.35. The average molecular weight is 267 g/mol. The Kier molecular flexibility index (Phi) is 3.06. The Labute approximate surface area is 120 Å². The standard InChI is InChI=1S/C18H21NO/c1-12-7-8-13(2)16(11-12)18(3,19)15-6-4-5-14-9-10-20-17(14)15/h4-8,11H,9-10,19H2,1-3H3. The highest BCUT2D eigenvalue weighted by Gasteiger charge is 2.31. The summed E-state index contributed by atoms with van der Waals surface area (Å²) in [5, 5.41) is 0. The fraction of sp³-hybridized carbons (Fsp3) is 0.333. The second kappa shape index (κ2) is 4.64. The van der Waals surface area contributed by atoms with Crippen molar-refractivity contribution in [3.05, 3.63) is 64.2 Å². The fourth-order valence-corrected chi connectivity index (χ4v) is 3.06. The van der Waals surface area contributed by atoms with Crippen LogP contribution in [-0.2, 0) is 12.0 Å². The van der Waals surface area contributed by atoms with E-state index in [1.165, 1.54) is 22.3 Å². The zero-order chi connectivity index (χ0) is 14.3. The molecule has 1 aliphatic rings. The van der Waals surface area contributed by atoms with E-state index in [0.29, 0.717) is 0 Å². The molecule has 20 heavy (non-hydrogen) atoms. The number of benzene rings is 2. The van der Waals surface area contributed by atoms with Gasteiger partial charge in [-0.1, -0.05) is 42.0 Å². The number of rotatable bonds is 2. The molecule has 2 nitrogen and oxygen atoms in total. The van der Waals surface area contributed by atoms with Crippen LogP contribution in [0.3, 0.4) is 0 Å². The number of ether oxygens (including phenoxy) is 1. The lowest BCUT2D eigenvalue weighted by Gasteiger charge is -2.29. The van der Waals surface area contributed by atoms with Crippen LogP contribution >= 0.6 is 0 Å². The van der Waals surface area contributed by atoms with Crippen LogP contribution in [-0.4, -0.2) is 6.61 Å². The Balaban J connectivity index is 2.17. The summed E-state index contributed by atoms with van der Waals surface area (Å²) >= 11 is 0. The molecule has 2 N–H and O–H groups in total. The Bertz CT molecular complexity index is 658. The zero-order valence-corrected chi connectivity index (χ0v) is 12.4. The minimum atomic E-state index is -0.536. The van der Waals surface area contributed by atoms with Crippen LogP contribution in [0.2, 0.25) is 0 Å². The number of aryl methyl sites for hydroxylation is 2. The summed E-state index contributed by atoms with van der Waals surface area (Å²) < 4.78 is 5.83. The van der Waals surface area contributed by atoms with Gasteiger partial charge >= 0.3 is 0 Å². The minimum Gasteiger partial charge on any atom is -0.493 e. The molecule has 3 rings (SSSR count). The topological polar surface area (TPSA) is 35.2 Å². The van der Waals surface area contributed by atoms with Gasteiger partial charge in [0.2, 0.25) is 0 Å². The summed E-state index contributed by atoms with van der Waals surface area (Å²) in [6.45, 7) is 7.05. The predicted octanol–water partition coefficient (Wildman–Crippen LogP) is 3.46. The number of hydrogen-bond donors (Lipinski definition) is 1. The summed E-state index contributed by atoms with van der Waals surface area (Å²) in [6, 6.07) is 12.8. The van der Waals surface area contributed by atoms with Crippen molar-refractivity contribution in [2.24, 2.45) is 5.73 Å². The number of fused-ring (bicyclic) bond motifs is 1. The van der Waals surface area contributed by atoms with Gasteiger partial charge in [0.05, 0.1) is 12.1 Å². The summed E-state index contributed by atoms with van der Waals surface area (Å²) in [7, 11) is 0. The molecular weight excluding hydrogens is 246 g/mol. The molecule has 104 valence electrons. The van der Waals surface area contributed by atoms with Crippen molar-refractivity contribution in [3.8, 4) is 5.75 Å². The molecule has 0 fully saturated rings.